The molecule has 1 rings (SSSR count). The van der Waals surface area contributed by atoms with Crippen LogP contribution in [-0.2, 0) is 6.54 Å². The first-order chi connectivity index (χ1) is 7.18. The zero-order valence-electron chi connectivity index (χ0n) is 11.5. The lowest BCUT2D eigenvalue weighted by Crippen LogP contribution is -2.10. The van der Waals surface area contributed by atoms with E-state index in [9.17, 15) is 0 Å². The van der Waals surface area contributed by atoms with Gasteiger partial charge >= 0.3 is 0 Å². The minimum atomic E-state index is 1.03. The molecule has 88 valence electrons. The summed E-state index contributed by atoms with van der Waals surface area (Å²) in [4.78, 5) is 2.17. The summed E-state index contributed by atoms with van der Waals surface area (Å²) >= 11 is 0. The predicted molar refractivity (Wildman–Crippen MR) is 71.3 cm³/mol. The van der Waals surface area contributed by atoms with Crippen LogP contribution in [0.2, 0.25) is 0 Å². The quantitative estimate of drug-likeness (QED) is 0.708. The molecule has 0 heterocycles. The fourth-order valence-corrected chi connectivity index (χ4v) is 1.06. The average Bonchev–Trinajstić information content (AvgIpc) is 2.27. The monoisotopic (exact) mass is 209 g/mol. The van der Waals surface area contributed by atoms with Crippen molar-refractivity contribution in [2.75, 3.05) is 14.1 Å². The summed E-state index contributed by atoms with van der Waals surface area (Å²) in [6, 6.07) is 8.66. The van der Waals surface area contributed by atoms with E-state index in [0.29, 0.717) is 0 Å². The van der Waals surface area contributed by atoms with Gasteiger partial charge in [0.15, 0.2) is 0 Å². The molecule has 0 spiro atoms. The van der Waals surface area contributed by atoms with Gasteiger partial charge in [-0.3, -0.25) is 0 Å². The number of hydrogen-bond donors (Lipinski definition) is 0. The number of nitrogens with zero attached hydrogens (tertiary/aromatic N) is 1. The first kappa shape index (κ1) is 16.6. The van der Waals surface area contributed by atoms with Crippen molar-refractivity contribution in [3.05, 3.63) is 35.4 Å². The molecule has 0 bridgehead atoms. The molecule has 15 heavy (non-hydrogen) atoms. The molecule has 1 heteroatoms. The van der Waals surface area contributed by atoms with E-state index in [-0.39, 0.29) is 0 Å². The van der Waals surface area contributed by atoms with Gasteiger partial charge < -0.3 is 4.90 Å². The largest absolute Gasteiger partial charge is 0.305 e. The Balaban J connectivity index is 0. The summed E-state index contributed by atoms with van der Waals surface area (Å²) in [6.45, 7) is 11.1. The Kier molecular flexibility index (Phi) is 12.5. The van der Waals surface area contributed by atoms with Gasteiger partial charge in [-0.05, 0) is 26.6 Å². The van der Waals surface area contributed by atoms with Crippen molar-refractivity contribution < 1.29 is 0 Å². The van der Waals surface area contributed by atoms with E-state index in [4.69, 9.17) is 0 Å². The van der Waals surface area contributed by atoms with E-state index >= 15 is 0 Å². The smallest absolute Gasteiger partial charge is 0.0227 e. The maximum absolute atomic E-state index is 2.18. The fourth-order valence-electron chi connectivity index (χ4n) is 1.06. The van der Waals surface area contributed by atoms with Crippen molar-refractivity contribution in [3.63, 3.8) is 0 Å². The van der Waals surface area contributed by atoms with Crippen LogP contribution < -0.4 is 0 Å². The molecule has 0 saturated heterocycles. The van der Waals surface area contributed by atoms with E-state index in [0.717, 1.165) is 6.54 Å². The molecule has 0 aliphatic carbocycles. The molecular formula is C14H27N. The summed E-state index contributed by atoms with van der Waals surface area (Å²) in [6.07, 6.45) is 0. The van der Waals surface area contributed by atoms with Crippen LogP contribution in [-0.4, -0.2) is 19.0 Å². The second-order valence-corrected chi connectivity index (χ2v) is 3.22. The zero-order chi connectivity index (χ0) is 12.3. The number of rotatable bonds is 2. The molecule has 0 amide bonds. The van der Waals surface area contributed by atoms with Crippen LogP contribution in [0.3, 0.4) is 0 Å². The molecule has 0 unspecified atom stereocenters. The lowest BCUT2D eigenvalue weighted by molar-refractivity contribution is 0.402. The Morgan fingerprint density at radius 1 is 0.867 bits per heavy atom. The van der Waals surface area contributed by atoms with Gasteiger partial charge in [0.25, 0.3) is 0 Å². The first-order valence-electron chi connectivity index (χ1n) is 5.89. The highest BCUT2D eigenvalue weighted by molar-refractivity contribution is 5.20. The third kappa shape index (κ3) is 9.48. The van der Waals surface area contributed by atoms with Crippen molar-refractivity contribution in [2.45, 2.75) is 41.2 Å². The van der Waals surface area contributed by atoms with E-state index in [1.807, 2.05) is 27.7 Å². The van der Waals surface area contributed by atoms with Crippen molar-refractivity contribution in [1.29, 1.82) is 0 Å². The van der Waals surface area contributed by atoms with E-state index in [2.05, 4.69) is 50.2 Å². The highest BCUT2D eigenvalue weighted by Crippen LogP contribution is 2.04. The highest BCUT2D eigenvalue weighted by atomic mass is 15.0. The topological polar surface area (TPSA) is 3.24 Å². The molecular weight excluding hydrogens is 182 g/mol. The second-order valence-electron chi connectivity index (χ2n) is 3.22. The predicted octanol–water partition coefficient (Wildman–Crippen LogP) is 4.11. The molecule has 1 nitrogen and oxygen atoms in total. The van der Waals surface area contributed by atoms with Gasteiger partial charge in [-0.1, -0.05) is 57.5 Å². The lowest BCUT2D eigenvalue weighted by Gasteiger charge is -2.08. The van der Waals surface area contributed by atoms with E-state index in [1.165, 1.54) is 11.1 Å². The zero-order valence-corrected chi connectivity index (χ0v) is 11.5. The molecule has 0 fully saturated rings. The van der Waals surface area contributed by atoms with E-state index in [1.54, 1.807) is 0 Å². The van der Waals surface area contributed by atoms with Crippen LogP contribution >= 0.6 is 0 Å². The van der Waals surface area contributed by atoms with Gasteiger partial charge in [0.1, 0.15) is 0 Å². The molecule has 1 aromatic carbocycles. The third-order valence-corrected chi connectivity index (χ3v) is 1.62. The van der Waals surface area contributed by atoms with Crippen LogP contribution in [0.15, 0.2) is 24.3 Å². The average molecular weight is 209 g/mol. The summed E-state index contributed by atoms with van der Waals surface area (Å²) in [5.41, 5.74) is 2.70. The van der Waals surface area contributed by atoms with Gasteiger partial charge in [0.2, 0.25) is 0 Å². The van der Waals surface area contributed by atoms with Crippen molar-refractivity contribution in [3.8, 4) is 0 Å². The van der Waals surface area contributed by atoms with Crippen LogP contribution in [0.1, 0.15) is 38.8 Å². The Morgan fingerprint density at radius 3 is 1.60 bits per heavy atom. The van der Waals surface area contributed by atoms with Crippen LogP contribution in [0.25, 0.3) is 0 Å². The van der Waals surface area contributed by atoms with Gasteiger partial charge in [-0.25, -0.2) is 0 Å². The molecule has 1 aromatic rings. The van der Waals surface area contributed by atoms with Crippen LogP contribution in [0, 0.1) is 6.92 Å². The molecule has 0 aliphatic rings. The van der Waals surface area contributed by atoms with Crippen molar-refractivity contribution in [2.24, 2.45) is 0 Å². The maximum atomic E-state index is 2.18. The second kappa shape index (κ2) is 11.3. The molecule has 0 aromatic heterocycles. The number of hydrogen-bond acceptors (Lipinski definition) is 1. The van der Waals surface area contributed by atoms with Crippen molar-refractivity contribution in [1.82, 2.24) is 4.90 Å². The Hall–Kier alpha value is -0.820. The van der Waals surface area contributed by atoms with Crippen LogP contribution in [0.4, 0.5) is 0 Å². The number of benzene rings is 1. The van der Waals surface area contributed by atoms with Crippen LogP contribution in [0.5, 0.6) is 0 Å². The summed E-state index contributed by atoms with van der Waals surface area (Å²) in [5.74, 6) is 0. The summed E-state index contributed by atoms with van der Waals surface area (Å²) in [5, 5.41) is 0. The normalized spacial score (nSPS) is 8.53. The number of aryl methyl sites for hydroxylation is 1. The molecule has 0 aliphatic heterocycles. The Morgan fingerprint density at radius 2 is 1.27 bits per heavy atom. The van der Waals surface area contributed by atoms with Gasteiger partial charge in [0.05, 0.1) is 0 Å². The first-order valence-corrected chi connectivity index (χ1v) is 5.89. The van der Waals surface area contributed by atoms with E-state index < -0.39 is 0 Å². The molecule has 0 radical (unpaired) electrons. The lowest BCUT2D eigenvalue weighted by atomic mass is 10.1. The van der Waals surface area contributed by atoms with Gasteiger partial charge in [-0.2, -0.15) is 0 Å². The highest BCUT2D eigenvalue weighted by Gasteiger charge is 1.92. The standard InChI is InChI=1S/C10H15N.2C2H6/c1-9-4-6-10(7-5-9)8-11(2)3;2*1-2/h4-7H,8H2,1-3H3;2*1-2H3. The summed E-state index contributed by atoms with van der Waals surface area (Å²) in [7, 11) is 4.17. The summed E-state index contributed by atoms with van der Waals surface area (Å²) < 4.78 is 0. The Labute approximate surface area is 96.1 Å². The van der Waals surface area contributed by atoms with Gasteiger partial charge in [-0.15, -0.1) is 0 Å². The maximum Gasteiger partial charge on any atom is 0.0227 e. The van der Waals surface area contributed by atoms with Crippen molar-refractivity contribution >= 4 is 0 Å². The minimum Gasteiger partial charge on any atom is -0.305 e. The molecule has 0 N–H and O–H groups in total. The molecule has 0 atom stereocenters. The fraction of sp³-hybridized carbons (Fsp3) is 0.571. The third-order valence-electron chi connectivity index (χ3n) is 1.62. The Bertz CT molecular complexity index is 211. The minimum absolute atomic E-state index is 1.03. The molecule has 0 saturated carbocycles. The SMILES string of the molecule is CC.CC.Cc1ccc(CN(C)C)cc1. The van der Waals surface area contributed by atoms with Gasteiger partial charge in [0, 0.05) is 6.54 Å².